The molecule has 2 N–H and O–H groups in total. The van der Waals surface area contributed by atoms with Crippen molar-refractivity contribution in [1.82, 2.24) is 5.32 Å². The number of nitrogens with one attached hydrogen (secondary N) is 1. The van der Waals surface area contributed by atoms with E-state index in [-0.39, 0.29) is 6.10 Å². The number of hydrogen-bond acceptors (Lipinski definition) is 3. The van der Waals surface area contributed by atoms with Gasteiger partial charge in [-0.25, -0.2) is 0 Å². The molecule has 0 bridgehead atoms. The lowest BCUT2D eigenvalue weighted by Crippen LogP contribution is -2.49. The minimum atomic E-state index is -0.134. The van der Waals surface area contributed by atoms with E-state index in [0.717, 1.165) is 32.5 Å². The molecule has 2 fully saturated rings. The first-order chi connectivity index (χ1) is 6.86. The molecule has 0 aromatic rings. The third-order valence-electron chi connectivity index (χ3n) is 3.34. The maximum atomic E-state index is 9.80. The zero-order valence-electron chi connectivity index (χ0n) is 8.74. The van der Waals surface area contributed by atoms with Crippen LogP contribution in [0.15, 0.2) is 0 Å². The van der Waals surface area contributed by atoms with Gasteiger partial charge in [-0.1, -0.05) is 12.8 Å². The molecule has 3 atom stereocenters. The summed E-state index contributed by atoms with van der Waals surface area (Å²) >= 11 is 0. The van der Waals surface area contributed by atoms with E-state index in [4.69, 9.17) is 4.74 Å². The van der Waals surface area contributed by atoms with E-state index in [1.54, 1.807) is 0 Å². The summed E-state index contributed by atoms with van der Waals surface area (Å²) in [6, 6.07) is 0.789. The molecule has 1 saturated carbocycles. The van der Waals surface area contributed by atoms with E-state index >= 15 is 0 Å². The second-order valence-corrected chi connectivity index (χ2v) is 4.54. The van der Waals surface area contributed by atoms with E-state index in [0.29, 0.717) is 12.1 Å². The molecule has 2 rings (SSSR count). The van der Waals surface area contributed by atoms with E-state index in [9.17, 15) is 5.11 Å². The number of aliphatic hydroxyl groups excluding tert-OH is 1. The molecule has 3 unspecified atom stereocenters. The number of rotatable bonds is 2. The molecular weight excluding hydrogens is 178 g/mol. The summed E-state index contributed by atoms with van der Waals surface area (Å²) in [4.78, 5) is 0. The van der Waals surface area contributed by atoms with Crippen LogP contribution in [0.3, 0.4) is 0 Å². The van der Waals surface area contributed by atoms with E-state index in [1.165, 1.54) is 19.3 Å². The van der Waals surface area contributed by atoms with E-state index in [2.05, 4.69) is 5.32 Å². The minimum Gasteiger partial charge on any atom is -0.392 e. The summed E-state index contributed by atoms with van der Waals surface area (Å²) in [7, 11) is 0. The Balaban J connectivity index is 1.76. The van der Waals surface area contributed by atoms with Crippen LogP contribution in [0, 0.1) is 0 Å². The smallest absolute Gasteiger partial charge is 0.0693 e. The maximum absolute atomic E-state index is 9.80. The average Bonchev–Trinajstić information content (AvgIpc) is 2.23. The Morgan fingerprint density at radius 2 is 1.93 bits per heavy atom. The minimum absolute atomic E-state index is 0.134. The summed E-state index contributed by atoms with van der Waals surface area (Å²) in [5.74, 6) is 0. The van der Waals surface area contributed by atoms with Crippen LogP contribution >= 0.6 is 0 Å². The van der Waals surface area contributed by atoms with Crippen molar-refractivity contribution in [3.05, 3.63) is 0 Å². The highest BCUT2D eigenvalue weighted by Crippen LogP contribution is 2.20. The van der Waals surface area contributed by atoms with Gasteiger partial charge in [0.05, 0.1) is 12.7 Å². The first kappa shape index (κ1) is 10.4. The fourth-order valence-electron chi connectivity index (χ4n) is 2.48. The van der Waals surface area contributed by atoms with E-state index in [1.807, 2.05) is 0 Å². The van der Waals surface area contributed by atoms with Crippen LogP contribution in [0.1, 0.15) is 38.5 Å². The van der Waals surface area contributed by atoms with Gasteiger partial charge >= 0.3 is 0 Å². The first-order valence-electron chi connectivity index (χ1n) is 5.88. The second-order valence-electron chi connectivity index (χ2n) is 4.54. The van der Waals surface area contributed by atoms with Crippen molar-refractivity contribution in [3.8, 4) is 0 Å². The maximum Gasteiger partial charge on any atom is 0.0693 e. The lowest BCUT2D eigenvalue weighted by molar-refractivity contribution is 0.0397. The number of hydrogen-bond donors (Lipinski definition) is 2. The van der Waals surface area contributed by atoms with Gasteiger partial charge in [0.15, 0.2) is 0 Å². The normalized spacial score (nSPS) is 39.6. The lowest BCUT2D eigenvalue weighted by Gasteiger charge is -2.33. The van der Waals surface area contributed by atoms with Crippen molar-refractivity contribution in [2.24, 2.45) is 0 Å². The molecule has 0 aromatic carbocycles. The van der Waals surface area contributed by atoms with Crippen LogP contribution in [-0.4, -0.2) is 36.5 Å². The summed E-state index contributed by atoms with van der Waals surface area (Å²) in [5, 5.41) is 13.3. The SMILES string of the molecule is OC1CCCCC1NC1CCCOC1. The van der Waals surface area contributed by atoms with Crippen LogP contribution < -0.4 is 5.32 Å². The van der Waals surface area contributed by atoms with Crippen molar-refractivity contribution in [1.29, 1.82) is 0 Å². The van der Waals surface area contributed by atoms with Gasteiger partial charge in [0.25, 0.3) is 0 Å². The van der Waals surface area contributed by atoms with Crippen molar-refractivity contribution in [2.45, 2.75) is 56.7 Å². The Hall–Kier alpha value is -0.120. The topological polar surface area (TPSA) is 41.5 Å². The molecule has 2 aliphatic rings. The molecule has 3 nitrogen and oxygen atoms in total. The van der Waals surface area contributed by atoms with Crippen LogP contribution in [0.5, 0.6) is 0 Å². The number of ether oxygens (including phenoxy) is 1. The van der Waals surface area contributed by atoms with E-state index < -0.39 is 0 Å². The molecule has 14 heavy (non-hydrogen) atoms. The number of aliphatic hydroxyl groups is 1. The molecule has 0 amide bonds. The third-order valence-corrected chi connectivity index (χ3v) is 3.34. The fraction of sp³-hybridized carbons (Fsp3) is 1.00. The van der Waals surface area contributed by atoms with Gasteiger partial charge in [-0.2, -0.15) is 0 Å². The highest BCUT2D eigenvalue weighted by atomic mass is 16.5. The summed E-state index contributed by atoms with van der Waals surface area (Å²) in [5.41, 5.74) is 0. The molecule has 1 aliphatic carbocycles. The van der Waals surface area contributed by atoms with Gasteiger partial charge in [-0.05, 0) is 25.7 Å². The van der Waals surface area contributed by atoms with Crippen molar-refractivity contribution < 1.29 is 9.84 Å². The van der Waals surface area contributed by atoms with Gasteiger partial charge in [0.2, 0.25) is 0 Å². The Kier molecular flexibility index (Phi) is 3.79. The van der Waals surface area contributed by atoms with Crippen LogP contribution in [0.2, 0.25) is 0 Å². The van der Waals surface area contributed by atoms with Gasteiger partial charge < -0.3 is 15.2 Å². The molecule has 0 radical (unpaired) electrons. The van der Waals surface area contributed by atoms with Crippen molar-refractivity contribution in [3.63, 3.8) is 0 Å². The Morgan fingerprint density at radius 1 is 1.07 bits per heavy atom. The predicted octanol–water partition coefficient (Wildman–Crippen LogP) is 1.06. The van der Waals surface area contributed by atoms with Crippen molar-refractivity contribution >= 4 is 0 Å². The van der Waals surface area contributed by atoms with Gasteiger partial charge in [0.1, 0.15) is 0 Å². The highest BCUT2D eigenvalue weighted by molar-refractivity contribution is 4.84. The first-order valence-corrected chi connectivity index (χ1v) is 5.88. The Labute approximate surface area is 85.8 Å². The molecule has 3 heteroatoms. The summed E-state index contributed by atoms with van der Waals surface area (Å²) < 4.78 is 5.41. The Morgan fingerprint density at radius 3 is 2.64 bits per heavy atom. The molecule has 0 spiro atoms. The zero-order valence-corrected chi connectivity index (χ0v) is 8.74. The molecule has 1 saturated heterocycles. The molecule has 82 valence electrons. The van der Waals surface area contributed by atoms with Gasteiger partial charge in [0, 0.05) is 18.7 Å². The largest absolute Gasteiger partial charge is 0.392 e. The summed E-state index contributed by atoms with van der Waals surface area (Å²) in [6.07, 6.45) is 6.74. The second kappa shape index (κ2) is 5.10. The standard InChI is InChI=1S/C11H21NO2/c13-11-6-2-1-5-10(11)12-9-4-3-7-14-8-9/h9-13H,1-8H2. The van der Waals surface area contributed by atoms with Crippen molar-refractivity contribution in [2.75, 3.05) is 13.2 Å². The Bertz CT molecular complexity index is 169. The predicted molar refractivity (Wildman–Crippen MR) is 55.2 cm³/mol. The average molecular weight is 199 g/mol. The third kappa shape index (κ3) is 2.69. The lowest BCUT2D eigenvalue weighted by atomic mass is 9.91. The van der Waals surface area contributed by atoms with Gasteiger partial charge in [-0.15, -0.1) is 0 Å². The molecule has 1 heterocycles. The zero-order chi connectivity index (χ0) is 9.80. The molecular formula is C11H21NO2. The van der Waals surface area contributed by atoms with Gasteiger partial charge in [-0.3, -0.25) is 0 Å². The fourth-order valence-corrected chi connectivity index (χ4v) is 2.48. The highest BCUT2D eigenvalue weighted by Gasteiger charge is 2.25. The van der Waals surface area contributed by atoms with Crippen LogP contribution in [-0.2, 0) is 4.74 Å². The molecule has 0 aromatic heterocycles. The van der Waals surface area contributed by atoms with Crippen LogP contribution in [0.4, 0.5) is 0 Å². The molecule has 1 aliphatic heterocycles. The quantitative estimate of drug-likeness (QED) is 0.698. The monoisotopic (exact) mass is 199 g/mol. The summed E-state index contributed by atoms with van der Waals surface area (Å²) in [6.45, 7) is 1.73. The van der Waals surface area contributed by atoms with Crippen LogP contribution in [0.25, 0.3) is 0 Å².